The highest BCUT2D eigenvalue weighted by molar-refractivity contribution is 7.47. The molecular weight excluding hydrogens is 812 g/mol. The molecule has 0 aliphatic heterocycles. The van der Waals surface area contributed by atoms with Crippen molar-refractivity contribution in [1.82, 2.24) is 0 Å². The maximum Gasteiger partial charge on any atom is 0.472 e. The van der Waals surface area contributed by atoms with E-state index in [0.29, 0.717) is 13.0 Å². The molecule has 3 unspecified atom stereocenters. The number of unbranched alkanes of at least 4 members (excludes halogenated alkanes) is 16. The predicted octanol–water partition coefficient (Wildman–Crippen LogP) is 14.4. The van der Waals surface area contributed by atoms with Gasteiger partial charge in [-0.2, -0.15) is 0 Å². The molecule has 362 valence electrons. The number of phosphoric acid groups is 1. The minimum absolute atomic E-state index is 0.0285. The zero-order valence-electron chi connectivity index (χ0n) is 39.8. The van der Waals surface area contributed by atoms with E-state index in [9.17, 15) is 19.4 Å². The number of phosphoric ester groups is 1. The zero-order valence-corrected chi connectivity index (χ0v) is 40.7. The molecule has 0 radical (unpaired) electrons. The Morgan fingerprint density at radius 1 is 0.508 bits per heavy atom. The van der Waals surface area contributed by atoms with Crippen LogP contribution in [-0.2, 0) is 27.9 Å². The first-order chi connectivity index (χ1) is 30.8. The molecule has 9 nitrogen and oxygen atoms in total. The summed E-state index contributed by atoms with van der Waals surface area (Å²) in [4.78, 5) is 22.7. The zero-order chi connectivity index (χ0) is 46.0. The Morgan fingerprint density at radius 3 is 1.37 bits per heavy atom. The Hall–Kier alpha value is -2.62. The molecule has 63 heavy (non-hydrogen) atoms. The molecule has 0 aromatic rings. The molecule has 0 rings (SSSR count). The van der Waals surface area contributed by atoms with Gasteiger partial charge in [0.05, 0.1) is 26.4 Å². The van der Waals surface area contributed by atoms with Gasteiger partial charge in [-0.3, -0.25) is 13.8 Å². The van der Waals surface area contributed by atoms with Gasteiger partial charge in [0.25, 0.3) is 0 Å². The summed E-state index contributed by atoms with van der Waals surface area (Å²) in [6, 6.07) is 0. The van der Waals surface area contributed by atoms with E-state index in [4.69, 9.17) is 23.6 Å². The number of esters is 1. The molecular formula is C53H91O9P. The summed E-state index contributed by atoms with van der Waals surface area (Å²) in [5.74, 6) is -0.412. The average molecular weight is 903 g/mol. The van der Waals surface area contributed by atoms with Crippen LogP contribution in [0.4, 0.5) is 0 Å². The van der Waals surface area contributed by atoms with Crippen LogP contribution in [0, 0.1) is 0 Å². The molecule has 0 amide bonds. The van der Waals surface area contributed by atoms with Gasteiger partial charge in [-0.15, -0.1) is 0 Å². The standard InChI is InChI=1S/C53H91O9P/c1-3-5-7-9-11-13-15-17-19-21-23-24-25-26-27-29-31-33-35-37-39-41-43-45-53(56)62-52(50-61-63(57,58)60-48-51(55)47-54)49-59-46-44-42-40-38-36-34-32-30-28-22-20-18-16-14-12-10-8-6-4-2/h5,7,11,13-14,16-17,19-20,22-24,26-27,31,33,51-52,54-55H,3-4,6,8-10,12,15,18,21,25,28-30,32,34-50H2,1-2H3,(H,57,58)/b7-5-,13-11-,16-14-,19-17-,22-20-,24-23-,27-26-,33-31-. The number of aliphatic hydroxyl groups excluding tert-OH is 2. The molecule has 3 atom stereocenters. The quantitative estimate of drug-likeness (QED) is 0.0236. The van der Waals surface area contributed by atoms with Crippen LogP contribution in [0.5, 0.6) is 0 Å². The van der Waals surface area contributed by atoms with Crippen molar-refractivity contribution in [2.75, 3.05) is 33.0 Å². The van der Waals surface area contributed by atoms with E-state index in [1.54, 1.807) is 0 Å². The lowest BCUT2D eigenvalue weighted by Gasteiger charge is -2.20. The second kappa shape index (κ2) is 48.8. The maximum atomic E-state index is 12.7. The normalized spacial score (nSPS) is 14.7. The number of carbonyl (C=O) groups is 1. The molecule has 0 aromatic carbocycles. The van der Waals surface area contributed by atoms with Crippen LogP contribution in [0.15, 0.2) is 97.2 Å². The fraction of sp³-hybridized carbons (Fsp3) is 0.679. The van der Waals surface area contributed by atoms with Gasteiger partial charge >= 0.3 is 13.8 Å². The highest BCUT2D eigenvalue weighted by atomic mass is 31.2. The molecule has 10 heteroatoms. The van der Waals surface area contributed by atoms with Crippen LogP contribution in [0.3, 0.4) is 0 Å². The van der Waals surface area contributed by atoms with E-state index in [1.807, 2.05) is 0 Å². The Kier molecular flexibility index (Phi) is 46.8. The van der Waals surface area contributed by atoms with E-state index in [-0.39, 0.29) is 13.0 Å². The lowest BCUT2D eigenvalue weighted by atomic mass is 10.1. The van der Waals surface area contributed by atoms with Crippen molar-refractivity contribution in [3.63, 3.8) is 0 Å². The predicted molar refractivity (Wildman–Crippen MR) is 265 cm³/mol. The van der Waals surface area contributed by atoms with Gasteiger partial charge in [-0.1, -0.05) is 182 Å². The van der Waals surface area contributed by atoms with Gasteiger partial charge in [0, 0.05) is 13.0 Å². The number of ether oxygens (including phenoxy) is 2. The Balaban J connectivity index is 4.21. The van der Waals surface area contributed by atoms with Crippen molar-refractivity contribution in [2.24, 2.45) is 0 Å². The summed E-state index contributed by atoms with van der Waals surface area (Å²) in [6.45, 7) is 3.33. The Morgan fingerprint density at radius 2 is 0.905 bits per heavy atom. The van der Waals surface area contributed by atoms with Crippen molar-refractivity contribution >= 4 is 13.8 Å². The minimum Gasteiger partial charge on any atom is -0.457 e. The topological polar surface area (TPSA) is 132 Å². The molecule has 0 fully saturated rings. The van der Waals surface area contributed by atoms with Gasteiger partial charge in [-0.25, -0.2) is 4.57 Å². The third-order valence-electron chi connectivity index (χ3n) is 10.0. The summed E-state index contributed by atoms with van der Waals surface area (Å²) in [7, 11) is -4.54. The molecule has 0 saturated heterocycles. The van der Waals surface area contributed by atoms with Gasteiger partial charge < -0.3 is 24.6 Å². The van der Waals surface area contributed by atoms with Crippen LogP contribution < -0.4 is 0 Å². The molecule has 0 saturated carbocycles. The van der Waals surface area contributed by atoms with E-state index < -0.39 is 45.8 Å². The summed E-state index contributed by atoms with van der Waals surface area (Å²) in [6.07, 6.45) is 62.2. The van der Waals surface area contributed by atoms with E-state index in [0.717, 1.165) is 96.3 Å². The molecule has 3 N–H and O–H groups in total. The van der Waals surface area contributed by atoms with Crippen molar-refractivity contribution in [1.29, 1.82) is 0 Å². The number of rotatable bonds is 46. The van der Waals surface area contributed by atoms with Gasteiger partial charge in [0.1, 0.15) is 12.2 Å². The lowest BCUT2D eigenvalue weighted by molar-refractivity contribution is -0.154. The highest BCUT2D eigenvalue weighted by Crippen LogP contribution is 2.43. The van der Waals surface area contributed by atoms with Crippen LogP contribution in [0.25, 0.3) is 0 Å². The third kappa shape index (κ3) is 48.7. The SMILES string of the molecule is CC/C=C\C/C=C\C/C=C\C/C=C\C/C=C\C/C=C\CCCCCCC(=O)OC(COCCCCCCCCCC/C=C\C/C=C\CCCCCC)COP(=O)(O)OCC(O)CO. The first-order valence-electron chi connectivity index (χ1n) is 24.7. The Bertz CT molecular complexity index is 1300. The molecule has 0 aliphatic carbocycles. The lowest BCUT2D eigenvalue weighted by Crippen LogP contribution is -2.29. The number of hydrogen-bond donors (Lipinski definition) is 3. The first-order valence-corrected chi connectivity index (χ1v) is 26.2. The molecule has 0 aromatic heterocycles. The maximum absolute atomic E-state index is 12.7. The van der Waals surface area contributed by atoms with Crippen LogP contribution >= 0.6 is 7.82 Å². The summed E-state index contributed by atoms with van der Waals surface area (Å²) in [5.41, 5.74) is 0. The number of carbonyl (C=O) groups excluding carboxylic acids is 1. The van der Waals surface area contributed by atoms with Crippen molar-refractivity contribution in [2.45, 2.75) is 199 Å². The van der Waals surface area contributed by atoms with Crippen LogP contribution in [0.2, 0.25) is 0 Å². The largest absolute Gasteiger partial charge is 0.472 e. The van der Waals surface area contributed by atoms with E-state index in [2.05, 4.69) is 111 Å². The minimum atomic E-state index is -4.54. The van der Waals surface area contributed by atoms with Crippen molar-refractivity contribution < 1.29 is 43.0 Å². The Labute approximate surface area is 385 Å². The molecule has 0 bridgehead atoms. The van der Waals surface area contributed by atoms with E-state index in [1.165, 1.54) is 64.2 Å². The summed E-state index contributed by atoms with van der Waals surface area (Å²) in [5, 5.41) is 18.4. The second-order valence-corrected chi connectivity index (χ2v) is 17.5. The number of allylic oxidation sites excluding steroid dienone is 16. The number of aliphatic hydroxyl groups is 2. The van der Waals surface area contributed by atoms with Gasteiger partial charge in [0.2, 0.25) is 0 Å². The van der Waals surface area contributed by atoms with Gasteiger partial charge in [0.15, 0.2) is 0 Å². The van der Waals surface area contributed by atoms with Crippen LogP contribution in [0.1, 0.15) is 187 Å². The second-order valence-electron chi connectivity index (χ2n) is 16.1. The summed E-state index contributed by atoms with van der Waals surface area (Å²) < 4.78 is 33.5. The number of hydrogen-bond acceptors (Lipinski definition) is 8. The van der Waals surface area contributed by atoms with Crippen molar-refractivity contribution in [3.05, 3.63) is 97.2 Å². The fourth-order valence-electron chi connectivity index (χ4n) is 6.27. The molecule has 0 aliphatic rings. The van der Waals surface area contributed by atoms with E-state index >= 15 is 0 Å². The van der Waals surface area contributed by atoms with Gasteiger partial charge in [-0.05, 0) is 96.3 Å². The smallest absolute Gasteiger partial charge is 0.457 e. The fourth-order valence-corrected chi connectivity index (χ4v) is 7.06. The average Bonchev–Trinajstić information content (AvgIpc) is 3.28. The molecule has 0 spiro atoms. The molecule has 0 heterocycles. The monoisotopic (exact) mass is 903 g/mol. The summed E-state index contributed by atoms with van der Waals surface area (Å²) >= 11 is 0. The van der Waals surface area contributed by atoms with Crippen molar-refractivity contribution in [3.8, 4) is 0 Å². The van der Waals surface area contributed by atoms with Crippen LogP contribution in [-0.4, -0.2) is 66.3 Å². The first kappa shape index (κ1) is 60.4. The third-order valence-corrected chi connectivity index (χ3v) is 11.0. The highest BCUT2D eigenvalue weighted by Gasteiger charge is 2.26.